The molecule has 20 heavy (non-hydrogen) atoms. The number of rotatable bonds is 5. The molecule has 0 bridgehead atoms. The Kier molecular flexibility index (Phi) is 4.81. The summed E-state index contributed by atoms with van der Waals surface area (Å²) in [6.45, 7) is 0.145. The Morgan fingerprint density at radius 1 is 1.40 bits per heavy atom. The minimum Gasteiger partial charge on any atom is -0.389 e. The van der Waals surface area contributed by atoms with Crippen LogP contribution in [0, 0.1) is 5.82 Å². The highest BCUT2D eigenvalue weighted by Gasteiger charge is 2.08. The summed E-state index contributed by atoms with van der Waals surface area (Å²) in [4.78, 5) is 11.9. The molecule has 0 saturated heterocycles. The maximum absolute atomic E-state index is 13.8. The van der Waals surface area contributed by atoms with Crippen LogP contribution in [0.4, 0.5) is 4.39 Å². The smallest absolute Gasteiger partial charge is 0.224 e. The van der Waals surface area contributed by atoms with E-state index in [1.807, 2.05) is 16.8 Å². The van der Waals surface area contributed by atoms with Crippen LogP contribution in [0.5, 0.6) is 0 Å². The second kappa shape index (κ2) is 6.58. The number of benzene rings is 1. The average Bonchev–Trinajstić information content (AvgIpc) is 2.90. The van der Waals surface area contributed by atoms with Crippen molar-refractivity contribution in [3.05, 3.63) is 57.5 Å². The molecule has 1 amide bonds. The molecule has 3 nitrogen and oxygen atoms in total. The summed E-state index contributed by atoms with van der Waals surface area (Å²) in [5.41, 5.74) is 7.27. The number of nitrogens with one attached hydrogen (secondary N) is 1. The van der Waals surface area contributed by atoms with E-state index in [0.717, 1.165) is 5.56 Å². The molecule has 0 fully saturated rings. The van der Waals surface area contributed by atoms with Crippen molar-refractivity contribution < 1.29 is 9.18 Å². The Morgan fingerprint density at radius 3 is 2.80 bits per heavy atom. The van der Waals surface area contributed by atoms with Gasteiger partial charge in [0.15, 0.2) is 0 Å². The van der Waals surface area contributed by atoms with E-state index in [1.165, 1.54) is 17.4 Å². The zero-order valence-corrected chi connectivity index (χ0v) is 12.2. The highest BCUT2D eigenvalue weighted by Crippen LogP contribution is 2.11. The first kappa shape index (κ1) is 14.6. The fraction of sp³-hybridized carbons (Fsp3) is 0.143. The van der Waals surface area contributed by atoms with Crippen molar-refractivity contribution in [1.29, 1.82) is 0 Å². The summed E-state index contributed by atoms with van der Waals surface area (Å²) < 4.78 is 13.8. The van der Waals surface area contributed by atoms with Crippen LogP contribution in [0.2, 0.25) is 0 Å². The van der Waals surface area contributed by atoms with Gasteiger partial charge in [-0.3, -0.25) is 4.79 Å². The van der Waals surface area contributed by atoms with E-state index in [1.54, 1.807) is 12.1 Å². The van der Waals surface area contributed by atoms with Gasteiger partial charge in [-0.15, -0.1) is 0 Å². The van der Waals surface area contributed by atoms with E-state index < -0.39 is 5.82 Å². The third-order valence-corrected chi connectivity index (χ3v) is 3.73. The van der Waals surface area contributed by atoms with Gasteiger partial charge in [-0.05, 0) is 28.5 Å². The molecule has 1 aromatic heterocycles. The molecule has 2 aromatic rings. The predicted octanol–water partition coefficient (Wildman–Crippen LogP) is 2.38. The molecular formula is C14H13FN2OS2. The fourth-order valence-electron chi connectivity index (χ4n) is 1.68. The van der Waals surface area contributed by atoms with Crippen LogP contribution in [0.15, 0.2) is 35.0 Å². The van der Waals surface area contributed by atoms with Crippen molar-refractivity contribution >= 4 is 34.5 Å². The fourth-order valence-corrected chi connectivity index (χ4v) is 2.47. The maximum atomic E-state index is 13.8. The topological polar surface area (TPSA) is 55.1 Å². The largest absolute Gasteiger partial charge is 0.389 e. The monoisotopic (exact) mass is 308 g/mol. The van der Waals surface area contributed by atoms with Crippen molar-refractivity contribution in [1.82, 2.24) is 5.32 Å². The van der Waals surface area contributed by atoms with Crippen molar-refractivity contribution in [2.24, 2.45) is 5.73 Å². The molecule has 1 aromatic carbocycles. The molecular weight excluding hydrogens is 295 g/mol. The van der Waals surface area contributed by atoms with Gasteiger partial charge in [-0.2, -0.15) is 11.3 Å². The highest BCUT2D eigenvalue weighted by molar-refractivity contribution is 7.80. The van der Waals surface area contributed by atoms with E-state index in [-0.39, 0.29) is 17.4 Å². The van der Waals surface area contributed by atoms with Crippen molar-refractivity contribution in [3.8, 4) is 0 Å². The number of carbonyl (C=O) groups excluding carboxylic acids is 1. The lowest BCUT2D eigenvalue weighted by Gasteiger charge is -2.07. The molecule has 3 N–H and O–H groups in total. The Balaban J connectivity index is 1.93. The van der Waals surface area contributed by atoms with Gasteiger partial charge in [0, 0.05) is 17.7 Å². The van der Waals surface area contributed by atoms with Crippen molar-refractivity contribution in [2.45, 2.75) is 13.0 Å². The lowest BCUT2D eigenvalue weighted by atomic mass is 10.1. The van der Waals surface area contributed by atoms with Gasteiger partial charge in [0.05, 0.1) is 6.42 Å². The molecule has 2 rings (SSSR count). The van der Waals surface area contributed by atoms with E-state index in [9.17, 15) is 9.18 Å². The summed E-state index contributed by atoms with van der Waals surface area (Å²) in [6.07, 6.45) is 0.302. The van der Waals surface area contributed by atoms with Gasteiger partial charge in [-0.25, -0.2) is 4.39 Å². The summed E-state index contributed by atoms with van der Waals surface area (Å²) in [5.74, 6) is -0.563. The molecule has 6 heteroatoms. The maximum Gasteiger partial charge on any atom is 0.224 e. The molecule has 0 aliphatic heterocycles. The summed E-state index contributed by atoms with van der Waals surface area (Å²) in [6, 6.07) is 6.39. The molecule has 0 aliphatic rings. The van der Waals surface area contributed by atoms with E-state index >= 15 is 0 Å². The van der Waals surface area contributed by atoms with Crippen LogP contribution in [0.25, 0.3) is 0 Å². The predicted molar refractivity (Wildman–Crippen MR) is 82.2 cm³/mol. The number of thiophene rings is 1. The summed E-state index contributed by atoms with van der Waals surface area (Å²) >= 11 is 6.32. The normalized spacial score (nSPS) is 10.2. The zero-order valence-electron chi connectivity index (χ0n) is 10.6. The Hall–Kier alpha value is -1.79. The zero-order chi connectivity index (χ0) is 14.5. The van der Waals surface area contributed by atoms with Gasteiger partial charge < -0.3 is 11.1 Å². The third kappa shape index (κ3) is 3.85. The summed E-state index contributed by atoms with van der Waals surface area (Å²) in [7, 11) is 0. The number of amides is 1. The molecule has 0 aliphatic carbocycles. The van der Waals surface area contributed by atoms with Gasteiger partial charge in [0.25, 0.3) is 0 Å². The van der Waals surface area contributed by atoms with Gasteiger partial charge in [0.1, 0.15) is 10.8 Å². The number of thiocarbonyl (C=S) groups is 1. The Bertz CT molecular complexity index is 626. The first-order valence-electron chi connectivity index (χ1n) is 5.92. The van der Waals surface area contributed by atoms with Crippen LogP contribution >= 0.6 is 23.6 Å². The number of nitrogens with two attached hydrogens (primary N) is 1. The lowest BCUT2D eigenvalue weighted by molar-refractivity contribution is -0.120. The molecule has 1 heterocycles. The second-order valence-electron chi connectivity index (χ2n) is 4.26. The average molecular weight is 308 g/mol. The second-order valence-corrected chi connectivity index (χ2v) is 5.48. The van der Waals surface area contributed by atoms with Crippen LogP contribution in [0.1, 0.15) is 16.7 Å². The first-order valence-corrected chi connectivity index (χ1v) is 7.27. The van der Waals surface area contributed by atoms with Crippen LogP contribution in [0.3, 0.4) is 0 Å². The number of carbonyl (C=O) groups is 1. The molecule has 0 unspecified atom stereocenters. The minimum atomic E-state index is -0.425. The van der Waals surface area contributed by atoms with Crippen LogP contribution in [-0.2, 0) is 17.8 Å². The number of hydrogen-bond donors (Lipinski definition) is 2. The molecule has 104 valence electrons. The van der Waals surface area contributed by atoms with E-state index in [4.69, 9.17) is 18.0 Å². The van der Waals surface area contributed by atoms with E-state index in [2.05, 4.69) is 5.32 Å². The Labute approximate surface area is 125 Å². The van der Waals surface area contributed by atoms with Gasteiger partial charge >= 0.3 is 0 Å². The lowest BCUT2D eigenvalue weighted by Crippen LogP contribution is -2.25. The van der Waals surface area contributed by atoms with Crippen molar-refractivity contribution in [2.75, 3.05) is 0 Å². The highest BCUT2D eigenvalue weighted by atomic mass is 32.1. The minimum absolute atomic E-state index is 0.138. The Morgan fingerprint density at radius 2 is 2.20 bits per heavy atom. The first-order chi connectivity index (χ1) is 9.56. The molecule has 0 spiro atoms. The number of halogens is 1. The molecule has 0 atom stereocenters. The van der Waals surface area contributed by atoms with Crippen LogP contribution in [-0.4, -0.2) is 10.9 Å². The standard InChI is InChI=1S/C14H13FN2OS2/c15-12-6-10(14(16)19)1-2-11(12)7-17-13(18)5-9-3-4-20-8-9/h1-4,6,8H,5,7H2,(H2,16,19)(H,17,18). The molecule has 0 saturated carbocycles. The van der Waals surface area contributed by atoms with Gasteiger partial charge in [-0.1, -0.05) is 24.4 Å². The van der Waals surface area contributed by atoms with Crippen molar-refractivity contribution in [3.63, 3.8) is 0 Å². The number of hydrogen-bond acceptors (Lipinski definition) is 3. The van der Waals surface area contributed by atoms with Gasteiger partial charge in [0.2, 0.25) is 5.91 Å². The summed E-state index contributed by atoms with van der Waals surface area (Å²) in [5, 5.41) is 6.52. The quantitative estimate of drug-likeness (QED) is 0.834. The van der Waals surface area contributed by atoms with Crippen LogP contribution < -0.4 is 11.1 Å². The SMILES string of the molecule is NC(=S)c1ccc(CNC(=O)Cc2ccsc2)c(F)c1. The van der Waals surface area contributed by atoms with E-state index in [0.29, 0.717) is 17.5 Å². The molecule has 0 radical (unpaired) electrons. The third-order valence-electron chi connectivity index (χ3n) is 2.76.